The molecule has 1 unspecified atom stereocenters. The smallest absolute Gasteiger partial charge is 0.120 e. The first kappa shape index (κ1) is 13.5. The molecule has 0 heterocycles. The lowest BCUT2D eigenvalue weighted by Gasteiger charge is -2.19. The van der Waals surface area contributed by atoms with E-state index in [-0.39, 0.29) is 6.04 Å². The second-order valence-corrected chi connectivity index (χ2v) is 5.23. The number of hydrogen-bond donors (Lipinski definition) is 2. The second-order valence-electron chi connectivity index (χ2n) is 5.23. The van der Waals surface area contributed by atoms with Crippen molar-refractivity contribution in [3.63, 3.8) is 0 Å². The summed E-state index contributed by atoms with van der Waals surface area (Å²) < 4.78 is 0. The molecule has 2 N–H and O–H groups in total. The molecule has 0 saturated heterocycles. The zero-order chi connectivity index (χ0) is 14.0. The van der Waals surface area contributed by atoms with E-state index in [9.17, 15) is 5.11 Å². The van der Waals surface area contributed by atoms with Crippen LogP contribution in [0.2, 0.25) is 0 Å². The molecule has 2 aromatic carbocycles. The highest BCUT2D eigenvalue weighted by atomic mass is 16.3. The van der Waals surface area contributed by atoms with Crippen LogP contribution in [0.1, 0.15) is 35.2 Å². The average Bonchev–Trinajstić information content (AvgIpc) is 2.36. The van der Waals surface area contributed by atoms with Crippen molar-refractivity contribution >= 4 is 5.69 Å². The van der Waals surface area contributed by atoms with Gasteiger partial charge in [-0.05, 0) is 50.5 Å². The Kier molecular flexibility index (Phi) is 3.79. The van der Waals surface area contributed by atoms with Crippen molar-refractivity contribution in [2.24, 2.45) is 0 Å². The Morgan fingerprint density at radius 2 is 1.63 bits per heavy atom. The predicted octanol–water partition coefficient (Wildman–Crippen LogP) is 4.49. The molecule has 0 fully saturated rings. The first-order valence-electron chi connectivity index (χ1n) is 6.60. The molecule has 0 bridgehead atoms. The third kappa shape index (κ3) is 3.08. The lowest BCUT2D eigenvalue weighted by molar-refractivity contribution is 0.471. The van der Waals surface area contributed by atoms with Crippen molar-refractivity contribution in [2.75, 3.05) is 5.32 Å². The molecular weight excluding hydrogens is 234 g/mol. The van der Waals surface area contributed by atoms with Gasteiger partial charge >= 0.3 is 0 Å². The van der Waals surface area contributed by atoms with E-state index in [4.69, 9.17) is 0 Å². The normalized spacial score (nSPS) is 12.2. The van der Waals surface area contributed by atoms with E-state index in [0.717, 1.165) is 11.3 Å². The minimum Gasteiger partial charge on any atom is -0.508 e. The summed E-state index contributed by atoms with van der Waals surface area (Å²) in [6, 6.07) is 12.4. The number of phenolic OH excluding ortho intramolecular Hbond substituents is 1. The number of aryl methyl sites for hydroxylation is 3. The van der Waals surface area contributed by atoms with E-state index < -0.39 is 0 Å². The summed E-state index contributed by atoms with van der Waals surface area (Å²) in [4.78, 5) is 0. The van der Waals surface area contributed by atoms with Crippen LogP contribution < -0.4 is 5.32 Å². The van der Waals surface area contributed by atoms with Crippen LogP contribution in [-0.4, -0.2) is 5.11 Å². The SMILES string of the molecule is Cc1ccc(C)c(C(C)Nc2ccc(C)c(O)c2)c1. The third-order valence-corrected chi connectivity index (χ3v) is 3.49. The summed E-state index contributed by atoms with van der Waals surface area (Å²) in [5.41, 5.74) is 5.67. The van der Waals surface area contributed by atoms with Crippen molar-refractivity contribution in [2.45, 2.75) is 33.7 Å². The topological polar surface area (TPSA) is 32.3 Å². The summed E-state index contributed by atoms with van der Waals surface area (Å²) in [6.45, 7) is 8.26. The maximum atomic E-state index is 9.74. The van der Waals surface area contributed by atoms with E-state index >= 15 is 0 Å². The zero-order valence-electron chi connectivity index (χ0n) is 12.0. The third-order valence-electron chi connectivity index (χ3n) is 3.49. The van der Waals surface area contributed by atoms with Gasteiger partial charge in [0, 0.05) is 17.8 Å². The summed E-state index contributed by atoms with van der Waals surface area (Å²) >= 11 is 0. The Labute approximate surface area is 115 Å². The number of aromatic hydroxyl groups is 1. The van der Waals surface area contributed by atoms with Gasteiger partial charge in [0.15, 0.2) is 0 Å². The highest BCUT2D eigenvalue weighted by Gasteiger charge is 2.09. The molecule has 19 heavy (non-hydrogen) atoms. The minimum absolute atomic E-state index is 0.210. The largest absolute Gasteiger partial charge is 0.508 e. The summed E-state index contributed by atoms with van der Waals surface area (Å²) in [5.74, 6) is 0.332. The molecule has 0 radical (unpaired) electrons. The molecule has 0 aliphatic carbocycles. The van der Waals surface area contributed by atoms with Crippen LogP contribution in [-0.2, 0) is 0 Å². The van der Waals surface area contributed by atoms with Gasteiger partial charge in [-0.2, -0.15) is 0 Å². The highest BCUT2D eigenvalue weighted by molar-refractivity contribution is 5.52. The molecule has 1 atom stereocenters. The van der Waals surface area contributed by atoms with Gasteiger partial charge < -0.3 is 10.4 Å². The van der Waals surface area contributed by atoms with E-state index in [1.807, 2.05) is 19.1 Å². The van der Waals surface area contributed by atoms with Gasteiger partial charge in [-0.1, -0.05) is 29.8 Å². The number of hydrogen-bond acceptors (Lipinski definition) is 2. The molecule has 100 valence electrons. The summed E-state index contributed by atoms with van der Waals surface area (Å²) in [7, 11) is 0. The van der Waals surface area contributed by atoms with Crippen LogP contribution in [0.4, 0.5) is 5.69 Å². The summed E-state index contributed by atoms with van der Waals surface area (Å²) in [6.07, 6.45) is 0. The first-order valence-corrected chi connectivity index (χ1v) is 6.60. The van der Waals surface area contributed by atoms with Gasteiger partial charge in [0.1, 0.15) is 5.75 Å². The molecule has 0 aliphatic rings. The number of phenols is 1. The van der Waals surface area contributed by atoms with Crippen LogP contribution >= 0.6 is 0 Å². The molecule has 0 saturated carbocycles. The monoisotopic (exact) mass is 255 g/mol. The Bertz CT molecular complexity index is 590. The lowest BCUT2D eigenvalue weighted by atomic mass is 10.00. The van der Waals surface area contributed by atoms with Crippen molar-refractivity contribution < 1.29 is 5.11 Å². The lowest BCUT2D eigenvalue weighted by Crippen LogP contribution is -2.08. The fourth-order valence-corrected chi connectivity index (χ4v) is 2.25. The molecule has 2 rings (SSSR count). The Morgan fingerprint density at radius 1 is 0.947 bits per heavy atom. The van der Waals surface area contributed by atoms with Crippen molar-refractivity contribution in [1.29, 1.82) is 0 Å². The number of benzene rings is 2. The number of anilines is 1. The minimum atomic E-state index is 0.210. The van der Waals surface area contributed by atoms with Gasteiger partial charge in [0.25, 0.3) is 0 Å². The highest BCUT2D eigenvalue weighted by Crippen LogP contribution is 2.26. The molecule has 0 spiro atoms. The van der Waals surface area contributed by atoms with Crippen LogP contribution in [0.25, 0.3) is 0 Å². The fourth-order valence-electron chi connectivity index (χ4n) is 2.25. The molecule has 0 aromatic heterocycles. The second kappa shape index (κ2) is 5.35. The molecule has 2 nitrogen and oxygen atoms in total. The average molecular weight is 255 g/mol. The fraction of sp³-hybridized carbons (Fsp3) is 0.294. The molecule has 0 amide bonds. The van der Waals surface area contributed by atoms with Gasteiger partial charge in [-0.15, -0.1) is 0 Å². The van der Waals surface area contributed by atoms with Gasteiger partial charge in [-0.3, -0.25) is 0 Å². The van der Waals surface area contributed by atoms with Gasteiger partial charge in [0.05, 0.1) is 0 Å². The van der Waals surface area contributed by atoms with E-state index in [2.05, 4.69) is 44.3 Å². The molecule has 2 heteroatoms. The maximum absolute atomic E-state index is 9.74. The predicted molar refractivity (Wildman–Crippen MR) is 80.8 cm³/mol. The Balaban J connectivity index is 2.22. The zero-order valence-corrected chi connectivity index (χ0v) is 12.0. The Morgan fingerprint density at radius 3 is 2.32 bits per heavy atom. The van der Waals surface area contributed by atoms with E-state index in [0.29, 0.717) is 5.75 Å². The summed E-state index contributed by atoms with van der Waals surface area (Å²) in [5, 5.41) is 13.2. The number of rotatable bonds is 3. The maximum Gasteiger partial charge on any atom is 0.120 e. The van der Waals surface area contributed by atoms with Crippen LogP contribution in [0.15, 0.2) is 36.4 Å². The standard InChI is InChI=1S/C17H21NO/c1-11-5-6-12(2)16(9-11)14(4)18-15-8-7-13(3)17(19)10-15/h5-10,14,18-19H,1-4H3. The first-order chi connectivity index (χ1) is 8.97. The van der Waals surface area contributed by atoms with Crippen LogP contribution in [0, 0.1) is 20.8 Å². The quantitative estimate of drug-likeness (QED) is 0.847. The van der Waals surface area contributed by atoms with Gasteiger partial charge in [-0.25, -0.2) is 0 Å². The van der Waals surface area contributed by atoms with E-state index in [1.54, 1.807) is 6.07 Å². The Hall–Kier alpha value is -1.96. The van der Waals surface area contributed by atoms with Crippen molar-refractivity contribution in [3.8, 4) is 5.75 Å². The van der Waals surface area contributed by atoms with Crippen LogP contribution in [0.3, 0.4) is 0 Å². The number of nitrogens with one attached hydrogen (secondary N) is 1. The van der Waals surface area contributed by atoms with E-state index in [1.165, 1.54) is 16.7 Å². The van der Waals surface area contributed by atoms with Crippen molar-refractivity contribution in [1.82, 2.24) is 0 Å². The van der Waals surface area contributed by atoms with Gasteiger partial charge in [0.2, 0.25) is 0 Å². The van der Waals surface area contributed by atoms with Crippen LogP contribution in [0.5, 0.6) is 5.75 Å². The molecular formula is C17H21NO. The van der Waals surface area contributed by atoms with Crippen molar-refractivity contribution in [3.05, 3.63) is 58.7 Å². The molecule has 0 aliphatic heterocycles. The molecule has 2 aromatic rings.